The Balaban J connectivity index is 3.71. The maximum absolute atomic E-state index is 11.0. The Labute approximate surface area is 66.9 Å². The zero-order valence-corrected chi connectivity index (χ0v) is 7.22. The minimum atomic E-state index is -0.347. The summed E-state index contributed by atoms with van der Waals surface area (Å²) in [6.45, 7) is 2.52. The van der Waals surface area contributed by atoms with Crippen molar-refractivity contribution in [3.8, 4) is 0 Å². The van der Waals surface area contributed by atoms with Gasteiger partial charge in [-0.3, -0.25) is 4.79 Å². The molecule has 0 fully saturated rings. The Kier molecular flexibility index (Phi) is 5.78. The summed E-state index contributed by atoms with van der Waals surface area (Å²) in [5, 5.41) is 2.79. The summed E-state index contributed by atoms with van der Waals surface area (Å²) in [5.74, 6) is -0.267. The van der Waals surface area contributed by atoms with Crippen molar-refractivity contribution >= 4 is 5.97 Å². The van der Waals surface area contributed by atoms with Gasteiger partial charge in [0.1, 0.15) is 6.04 Å². The average molecular weight is 161 g/mol. The number of hydrogen-bond acceptors (Lipinski definition) is 4. The smallest absolute Gasteiger partial charge is 0.325 e. The van der Waals surface area contributed by atoms with Crippen molar-refractivity contribution in [2.45, 2.75) is 13.0 Å². The highest BCUT2D eigenvalue weighted by molar-refractivity contribution is 5.75. The molecule has 0 saturated carbocycles. The largest absolute Gasteiger partial charge is 0.465 e. The molecule has 1 N–H and O–H groups in total. The molecule has 0 saturated heterocycles. The molecule has 1 unspecified atom stereocenters. The Morgan fingerprint density at radius 1 is 1.64 bits per heavy atom. The highest BCUT2D eigenvalue weighted by Gasteiger charge is 2.16. The van der Waals surface area contributed by atoms with Gasteiger partial charge in [-0.05, 0) is 14.0 Å². The molecule has 0 bridgehead atoms. The van der Waals surface area contributed by atoms with Gasteiger partial charge in [0, 0.05) is 7.11 Å². The fraction of sp³-hybridized carbons (Fsp3) is 0.857. The number of carbonyl (C=O) groups is 1. The van der Waals surface area contributed by atoms with E-state index in [0.29, 0.717) is 13.2 Å². The first-order valence-corrected chi connectivity index (χ1v) is 3.59. The molecule has 0 rings (SSSR count). The molecule has 0 spiro atoms. The maximum Gasteiger partial charge on any atom is 0.325 e. The lowest BCUT2D eigenvalue weighted by Gasteiger charge is -2.12. The van der Waals surface area contributed by atoms with E-state index in [9.17, 15) is 4.79 Å². The second kappa shape index (κ2) is 6.12. The van der Waals surface area contributed by atoms with Crippen LogP contribution in [0.4, 0.5) is 0 Å². The van der Waals surface area contributed by atoms with Crippen LogP contribution in [0.1, 0.15) is 6.92 Å². The molecule has 0 amide bonds. The van der Waals surface area contributed by atoms with Crippen LogP contribution >= 0.6 is 0 Å². The molecular formula is C7H15NO3. The van der Waals surface area contributed by atoms with E-state index in [1.165, 1.54) is 0 Å². The molecule has 0 radical (unpaired) electrons. The van der Waals surface area contributed by atoms with Gasteiger partial charge in [-0.25, -0.2) is 0 Å². The number of rotatable bonds is 5. The molecule has 0 aromatic heterocycles. The number of likely N-dealkylation sites (N-methyl/N-ethyl adjacent to an activating group) is 1. The van der Waals surface area contributed by atoms with E-state index in [1.54, 1.807) is 21.1 Å². The highest BCUT2D eigenvalue weighted by Crippen LogP contribution is 1.88. The standard InChI is InChI=1S/C7H15NO3/c1-4-11-7(9)6(8-2)5-10-3/h6,8H,4-5H2,1-3H3. The van der Waals surface area contributed by atoms with Crippen LogP contribution in [0.15, 0.2) is 0 Å². The van der Waals surface area contributed by atoms with Crippen molar-refractivity contribution < 1.29 is 14.3 Å². The maximum atomic E-state index is 11.0. The zero-order valence-electron chi connectivity index (χ0n) is 7.22. The van der Waals surface area contributed by atoms with Gasteiger partial charge in [0.05, 0.1) is 13.2 Å². The third kappa shape index (κ3) is 3.95. The van der Waals surface area contributed by atoms with E-state index in [1.807, 2.05) is 0 Å². The minimum Gasteiger partial charge on any atom is -0.465 e. The summed E-state index contributed by atoms with van der Waals surface area (Å²) < 4.78 is 9.57. The fourth-order valence-corrected chi connectivity index (χ4v) is 0.679. The van der Waals surface area contributed by atoms with Gasteiger partial charge in [0.25, 0.3) is 0 Å². The second-order valence-corrected chi connectivity index (χ2v) is 2.05. The monoisotopic (exact) mass is 161 g/mol. The van der Waals surface area contributed by atoms with Gasteiger partial charge < -0.3 is 14.8 Å². The SMILES string of the molecule is CCOC(=O)C(COC)NC. The van der Waals surface area contributed by atoms with Crippen LogP contribution in [0.2, 0.25) is 0 Å². The lowest BCUT2D eigenvalue weighted by molar-refractivity contribution is -0.146. The van der Waals surface area contributed by atoms with Crippen molar-refractivity contribution in [3.05, 3.63) is 0 Å². The Hall–Kier alpha value is -0.610. The van der Waals surface area contributed by atoms with Gasteiger partial charge in [-0.2, -0.15) is 0 Å². The van der Waals surface area contributed by atoms with Crippen molar-refractivity contribution in [2.75, 3.05) is 27.4 Å². The van der Waals surface area contributed by atoms with Crippen molar-refractivity contribution in [1.82, 2.24) is 5.32 Å². The van der Waals surface area contributed by atoms with Crippen molar-refractivity contribution in [2.24, 2.45) is 0 Å². The topological polar surface area (TPSA) is 47.6 Å². The molecule has 0 aromatic rings. The number of hydrogen-bond donors (Lipinski definition) is 1. The van der Waals surface area contributed by atoms with Gasteiger partial charge in [0.2, 0.25) is 0 Å². The normalized spacial score (nSPS) is 12.6. The van der Waals surface area contributed by atoms with Gasteiger partial charge >= 0.3 is 5.97 Å². The first-order chi connectivity index (χ1) is 5.26. The third-order valence-corrected chi connectivity index (χ3v) is 1.25. The second-order valence-electron chi connectivity index (χ2n) is 2.05. The molecule has 0 heterocycles. The number of methoxy groups -OCH3 is 1. The van der Waals surface area contributed by atoms with Crippen LogP contribution in [0.25, 0.3) is 0 Å². The van der Waals surface area contributed by atoms with Crippen molar-refractivity contribution in [1.29, 1.82) is 0 Å². The number of nitrogens with one attached hydrogen (secondary N) is 1. The highest BCUT2D eigenvalue weighted by atomic mass is 16.5. The number of carbonyl (C=O) groups excluding carboxylic acids is 1. The van der Waals surface area contributed by atoms with E-state index in [0.717, 1.165) is 0 Å². The van der Waals surface area contributed by atoms with Crippen LogP contribution < -0.4 is 5.32 Å². The van der Waals surface area contributed by atoms with Gasteiger partial charge in [-0.1, -0.05) is 0 Å². The molecule has 4 nitrogen and oxygen atoms in total. The molecule has 1 atom stereocenters. The van der Waals surface area contributed by atoms with Crippen molar-refractivity contribution in [3.63, 3.8) is 0 Å². The number of ether oxygens (including phenoxy) is 2. The summed E-state index contributed by atoms with van der Waals surface area (Å²) in [7, 11) is 3.24. The lowest BCUT2D eigenvalue weighted by atomic mass is 10.3. The molecular weight excluding hydrogens is 146 g/mol. The van der Waals surface area contributed by atoms with Crippen LogP contribution in [0.3, 0.4) is 0 Å². The molecule has 0 aliphatic rings. The predicted molar refractivity (Wildman–Crippen MR) is 41.4 cm³/mol. The van der Waals surface area contributed by atoms with Crippen LogP contribution in [-0.2, 0) is 14.3 Å². The summed E-state index contributed by atoms with van der Waals surface area (Å²) in [6.07, 6.45) is 0. The molecule has 0 aliphatic carbocycles. The van der Waals surface area contributed by atoms with Crippen LogP contribution in [0.5, 0.6) is 0 Å². The Morgan fingerprint density at radius 2 is 2.27 bits per heavy atom. The Morgan fingerprint density at radius 3 is 2.64 bits per heavy atom. The Bertz CT molecular complexity index is 116. The molecule has 0 aliphatic heterocycles. The third-order valence-electron chi connectivity index (χ3n) is 1.25. The van der Waals surface area contributed by atoms with E-state index >= 15 is 0 Å². The van der Waals surface area contributed by atoms with E-state index in [-0.39, 0.29) is 12.0 Å². The molecule has 11 heavy (non-hydrogen) atoms. The minimum absolute atomic E-state index is 0.267. The van der Waals surface area contributed by atoms with Crippen LogP contribution in [0, 0.1) is 0 Å². The molecule has 4 heteroatoms. The quantitative estimate of drug-likeness (QED) is 0.566. The fourth-order valence-electron chi connectivity index (χ4n) is 0.679. The zero-order chi connectivity index (χ0) is 8.69. The van der Waals surface area contributed by atoms with Gasteiger partial charge in [0.15, 0.2) is 0 Å². The summed E-state index contributed by atoms with van der Waals surface area (Å²) in [5.41, 5.74) is 0. The average Bonchev–Trinajstić information content (AvgIpc) is 2.00. The summed E-state index contributed by atoms with van der Waals surface area (Å²) >= 11 is 0. The van der Waals surface area contributed by atoms with Gasteiger partial charge in [-0.15, -0.1) is 0 Å². The van der Waals surface area contributed by atoms with E-state index in [4.69, 9.17) is 9.47 Å². The first kappa shape index (κ1) is 10.4. The summed E-state index contributed by atoms with van der Waals surface area (Å²) in [4.78, 5) is 11.0. The number of esters is 1. The predicted octanol–water partition coefficient (Wildman–Crippen LogP) is -0.216. The summed E-state index contributed by atoms with van der Waals surface area (Å²) in [6, 6.07) is -0.347. The van der Waals surface area contributed by atoms with E-state index in [2.05, 4.69) is 5.32 Å². The first-order valence-electron chi connectivity index (χ1n) is 3.59. The molecule has 0 aromatic carbocycles. The van der Waals surface area contributed by atoms with E-state index < -0.39 is 0 Å². The van der Waals surface area contributed by atoms with Crippen LogP contribution in [-0.4, -0.2) is 39.4 Å². The lowest BCUT2D eigenvalue weighted by Crippen LogP contribution is -2.39. The molecule has 66 valence electrons.